The van der Waals surface area contributed by atoms with E-state index in [9.17, 15) is 14.4 Å². The maximum absolute atomic E-state index is 13.3. The van der Waals surface area contributed by atoms with Crippen molar-refractivity contribution in [3.05, 3.63) is 58.6 Å². The molecule has 32 heavy (non-hydrogen) atoms. The molecule has 3 amide bonds. The van der Waals surface area contributed by atoms with Gasteiger partial charge in [0.2, 0.25) is 5.91 Å². The lowest BCUT2D eigenvalue weighted by atomic mass is 9.95. The largest absolute Gasteiger partial charge is 0.385 e. The fourth-order valence-electron chi connectivity index (χ4n) is 4.36. The first-order valence-electron chi connectivity index (χ1n) is 10.8. The summed E-state index contributed by atoms with van der Waals surface area (Å²) in [6.45, 7) is 2.41. The SMILES string of the molecule is COCCCNC(=O)[C@H]1CCCN(c2cccc3c2C(=O)N(c2cccc(Cl)c2)C3=O)C1. The second-order valence-corrected chi connectivity index (χ2v) is 8.48. The Labute approximate surface area is 192 Å². The number of hydrogen-bond acceptors (Lipinski definition) is 5. The van der Waals surface area contributed by atoms with Gasteiger partial charge in [-0.05, 0) is 49.6 Å². The lowest BCUT2D eigenvalue weighted by molar-refractivity contribution is -0.125. The predicted molar refractivity (Wildman–Crippen MR) is 123 cm³/mol. The molecule has 2 aromatic rings. The molecule has 0 aromatic heterocycles. The Morgan fingerprint density at radius 1 is 1.19 bits per heavy atom. The van der Waals surface area contributed by atoms with Gasteiger partial charge < -0.3 is 15.0 Å². The molecular formula is C24H26ClN3O4. The fourth-order valence-corrected chi connectivity index (χ4v) is 4.55. The van der Waals surface area contributed by atoms with Gasteiger partial charge in [0.15, 0.2) is 0 Å². The lowest BCUT2D eigenvalue weighted by Crippen LogP contribution is -2.44. The van der Waals surface area contributed by atoms with Crippen LogP contribution in [0.1, 0.15) is 40.0 Å². The second kappa shape index (κ2) is 9.71. The molecule has 0 saturated carbocycles. The van der Waals surface area contributed by atoms with Gasteiger partial charge >= 0.3 is 0 Å². The molecule has 0 spiro atoms. The first kappa shape index (κ1) is 22.3. The second-order valence-electron chi connectivity index (χ2n) is 8.05. The van der Waals surface area contributed by atoms with Crippen LogP contribution in [0.5, 0.6) is 0 Å². The molecule has 2 heterocycles. The third-order valence-corrected chi connectivity index (χ3v) is 6.15. The Hall–Kier alpha value is -2.90. The summed E-state index contributed by atoms with van der Waals surface area (Å²) >= 11 is 6.08. The van der Waals surface area contributed by atoms with Crippen molar-refractivity contribution < 1.29 is 19.1 Å². The molecule has 2 aliphatic heterocycles. The summed E-state index contributed by atoms with van der Waals surface area (Å²) in [4.78, 5) is 42.3. The Morgan fingerprint density at radius 3 is 2.78 bits per heavy atom. The zero-order chi connectivity index (χ0) is 22.7. The third-order valence-electron chi connectivity index (χ3n) is 5.92. The summed E-state index contributed by atoms with van der Waals surface area (Å²) in [7, 11) is 1.64. The molecule has 0 unspecified atom stereocenters. The van der Waals surface area contributed by atoms with Crippen LogP contribution < -0.4 is 15.1 Å². The molecule has 1 N–H and O–H groups in total. The minimum Gasteiger partial charge on any atom is -0.385 e. The number of halogens is 1. The van der Waals surface area contributed by atoms with E-state index in [0.717, 1.165) is 25.8 Å². The van der Waals surface area contributed by atoms with Crippen LogP contribution in [0.25, 0.3) is 0 Å². The predicted octanol–water partition coefficient (Wildman–Crippen LogP) is 3.51. The zero-order valence-electron chi connectivity index (χ0n) is 18.0. The van der Waals surface area contributed by atoms with Gasteiger partial charge in [0.1, 0.15) is 0 Å². The zero-order valence-corrected chi connectivity index (χ0v) is 18.7. The number of fused-ring (bicyclic) bond motifs is 1. The Bertz CT molecular complexity index is 1040. The number of benzene rings is 2. The van der Waals surface area contributed by atoms with Gasteiger partial charge in [0.25, 0.3) is 11.8 Å². The highest BCUT2D eigenvalue weighted by molar-refractivity contribution is 6.37. The van der Waals surface area contributed by atoms with Crippen molar-refractivity contribution in [1.82, 2.24) is 5.32 Å². The van der Waals surface area contributed by atoms with Crippen molar-refractivity contribution in [2.24, 2.45) is 5.92 Å². The lowest BCUT2D eigenvalue weighted by Gasteiger charge is -2.34. The average molecular weight is 456 g/mol. The molecule has 1 fully saturated rings. The number of carbonyl (C=O) groups is 3. The molecule has 0 aliphatic carbocycles. The number of piperidine rings is 1. The van der Waals surface area contributed by atoms with Gasteiger partial charge in [-0.2, -0.15) is 0 Å². The minimum absolute atomic E-state index is 0.0151. The van der Waals surface area contributed by atoms with Crippen LogP contribution in [0.15, 0.2) is 42.5 Å². The van der Waals surface area contributed by atoms with E-state index in [-0.39, 0.29) is 23.6 Å². The topological polar surface area (TPSA) is 79.0 Å². The number of anilines is 2. The number of hydrogen-bond donors (Lipinski definition) is 1. The third kappa shape index (κ3) is 4.36. The van der Waals surface area contributed by atoms with Crippen molar-refractivity contribution in [3.8, 4) is 0 Å². The number of carbonyl (C=O) groups excluding carboxylic acids is 3. The van der Waals surface area contributed by atoms with E-state index in [1.54, 1.807) is 43.5 Å². The molecule has 1 saturated heterocycles. The van der Waals surface area contributed by atoms with Crippen molar-refractivity contribution in [2.45, 2.75) is 19.3 Å². The maximum atomic E-state index is 13.3. The number of nitrogens with zero attached hydrogens (tertiary/aromatic N) is 2. The normalized spacial score (nSPS) is 18.1. The molecule has 4 rings (SSSR count). The quantitative estimate of drug-likeness (QED) is 0.510. The standard InChI is InChI=1S/C24H26ClN3O4/c1-32-13-5-11-26-22(29)16-6-4-12-27(15-16)20-10-3-9-19-21(20)24(31)28(23(19)30)18-8-2-7-17(25)14-18/h2-3,7-10,14,16H,4-6,11-13,15H2,1H3,(H,26,29)/t16-/m0/s1. The number of imide groups is 1. The summed E-state index contributed by atoms with van der Waals surface area (Å²) in [6.07, 6.45) is 2.39. The van der Waals surface area contributed by atoms with E-state index >= 15 is 0 Å². The van der Waals surface area contributed by atoms with Crippen molar-refractivity contribution in [2.75, 3.05) is 43.2 Å². The van der Waals surface area contributed by atoms with E-state index in [1.807, 2.05) is 11.0 Å². The Balaban J connectivity index is 1.55. The number of nitrogens with one attached hydrogen (secondary N) is 1. The smallest absolute Gasteiger partial charge is 0.268 e. The van der Waals surface area contributed by atoms with Gasteiger partial charge in [-0.3, -0.25) is 14.4 Å². The first-order chi connectivity index (χ1) is 15.5. The number of amides is 3. The van der Waals surface area contributed by atoms with Crippen molar-refractivity contribution in [3.63, 3.8) is 0 Å². The highest BCUT2D eigenvalue weighted by Gasteiger charge is 2.40. The molecular weight excluding hydrogens is 430 g/mol. The van der Waals surface area contributed by atoms with E-state index < -0.39 is 0 Å². The van der Waals surface area contributed by atoms with Gasteiger partial charge in [0.05, 0.1) is 28.4 Å². The van der Waals surface area contributed by atoms with Gasteiger partial charge in [-0.1, -0.05) is 23.7 Å². The molecule has 0 bridgehead atoms. The van der Waals surface area contributed by atoms with Gasteiger partial charge in [-0.25, -0.2) is 4.90 Å². The summed E-state index contributed by atoms with van der Waals surface area (Å²) in [6, 6.07) is 12.0. The van der Waals surface area contributed by atoms with E-state index in [4.69, 9.17) is 16.3 Å². The van der Waals surface area contributed by atoms with Crippen LogP contribution in [0.4, 0.5) is 11.4 Å². The average Bonchev–Trinajstić information content (AvgIpc) is 3.07. The fraction of sp³-hybridized carbons (Fsp3) is 0.375. The van der Waals surface area contributed by atoms with Crippen LogP contribution in [-0.4, -0.2) is 51.1 Å². The minimum atomic E-state index is -0.367. The maximum Gasteiger partial charge on any atom is 0.268 e. The van der Waals surface area contributed by atoms with Gasteiger partial charge in [-0.15, -0.1) is 0 Å². The molecule has 8 heteroatoms. The van der Waals surface area contributed by atoms with Crippen LogP contribution in [0, 0.1) is 5.92 Å². The monoisotopic (exact) mass is 455 g/mol. The van der Waals surface area contributed by atoms with Crippen LogP contribution >= 0.6 is 11.6 Å². The summed E-state index contributed by atoms with van der Waals surface area (Å²) in [5.41, 5.74) is 1.90. The number of rotatable bonds is 7. The highest BCUT2D eigenvalue weighted by atomic mass is 35.5. The van der Waals surface area contributed by atoms with E-state index in [2.05, 4.69) is 5.32 Å². The molecule has 168 valence electrons. The number of methoxy groups -OCH3 is 1. The van der Waals surface area contributed by atoms with Gasteiger partial charge in [0, 0.05) is 38.4 Å². The highest BCUT2D eigenvalue weighted by Crippen LogP contribution is 2.36. The number of ether oxygens (including phenoxy) is 1. The van der Waals surface area contributed by atoms with Crippen LogP contribution in [-0.2, 0) is 9.53 Å². The van der Waals surface area contributed by atoms with Crippen LogP contribution in [0.3, 0.4) is 0 Å². The molecule has 2 aromatic carbocycles. The summed E-state index contributed by atoms with van der Waals surface area (Å²) < 4.78 is 5.02. The summed E-state index contributed by atoms with van der Waals surface area (Å²) in [5.74, 6) is -0.882. The van der Waals surface area contributed by atoms with Crippen molar-refractivity contribution in [1.29, 1.82) is 0 Å². The molecule has 0 radical (unpaired) electrons. The Morgan fingerprint density at radius 2 is 2.00 bits per heavy atom. The first-order valence-corrected chi connectivity index (χ1v) is 11.2. The van der Waals surface area contributed by atoms with E-state index in [0.29, 0.717) is 47.2 Å². The Kier molecular flexibility index (Phi) is 6.77. The molecule has 1 atom stereocenters. The summed E-state index contributed by atoms with van der Waals surface area (Å²) in [5, 5.41) is 3.43. The molecule has 7 nitrogen and oxygen atoms in total. The van der Waals surface area contributed by atoms with Crippen molar-refractivity contribution >= 4 is 40.7 Å². The molecule has 2 aliphatic rings. The van der Waals surface area contributed by atoms with E-state index in [1.165, 1.54) is 4.90 Å². The van der Waals surface area contributed by atoms with Crippen LogP contribution in [0.2, 0.25) is 5.02 Å².